The van der Waals surface area contributed by atoms with Crippen LogP contribution in [0.15, 0.2) is 24.3 Å². The third kappa shape index (κ3) is 4.38. The molecule has 2 rings (SSSR count). The minimum Gasteiger partial charge on any atom is -0.481 e. The van der Waals surface area contributed by atoms with Gasteiger partial charge in [0.25, 0.3) is 5.91 Å². The Morgan fingerprint density at radius 2 is 2.04 bits per heavy atom. The fourth-order valence-electron chi connectivity index (χ4n) is 2.56. The van der Waals surface area contributed by atoms with Crippen molar-refractivity contribution >= 4 is 5.91 Å². The summed E-state index contributed by atoms with van der Waals surface area (Å²) >= 11 is 0. The molecule has 0 N–H and O–H groups in total. The summed E-state index contributed by atoms with van der Waals surface area (Å²) < 4.78 is 43.9. The molecule has 1 heterocycles. The van der Waals surface area contributed by atoms with E-state index in [-0.39, 0.29) is 13.0 Å². The van der Waals surface area contributed by atoms with Crippen LogP contribution in [0.4, 0.5) is 13.2 Å². The lowest BCUT2D eigenvalue weighted by Crippen LogP contribution is -2.48. The van der Waals surface area contributed by atoms with E-state index in [1.165, 1.54) is 11.8 Å². The number of amides is 1. The number of piperidine rings is 1. The Morgan fingerprint density at radius 1 is 1.39 bits per heavy atom. The number of hydrogen-bond acceptors (Lipinski definition) is 3. The molecule has 0 aliphatic carbocycles. The number of carbonyl (C=O) groups excluding carboxylic acids is 1. The maximum absolute atomic E-state index is 12.8. The van der Waals surface area contributed by atoms with Gasteiger partial charge < -0.3 is 9.64 Å². The van der Waals surface area contributed by atoms with Crippen molar-refractivity contribution in [2.45, 2.75) is 32.0 Å². The smallest absolute Gasteiger partial charge is 0.393 e. The number of likely N-dealkylation sites (tertiary alicyclic amines) is 1. The van der Waals surface area contributed by atoms with Gasteiger partial charge in [0.05, 0.1) is 17.6 Å². The number of carbonyl (C=O) groups is 1. The molecule has 1 fully saturated rings. The first-order valence-electron chi connectivity index (χ1n) is 7.33. The third-order valence-electron chi connectivity index (χ3n) is 3.84. The number of halogens is 3. The highest BCUT2D eigenvalue weighted by Gasteiger charge is 2.43. The molecule has 0 bridgehead atoms. The lowest BCUT2D eigenvalue weighted by Gasteiger charge is -2.35. The van der Waals surface area contributed by atoms with E-state index in [4.69, 9.17) is 10.00 Å². The number of benzene rings is 1. The van der Waals surface area contributed by atoms with Gasteiger partial charge in [0.2, 0.25) is 0 Å². The van der Waals surface area contributed by atoms with Crippen molar-refractivity contribution in [2.24, 2.45) is 5.92 Å². The van der Waals surface area contributed by atoms with Gasteiger partial charge in [-0.1, -0.05) is 0 Å². The van der Waals surface area contributed by atoms with E-state index in [1.54, 1.807) is 24.3 Å². The molecular weight excluding hydrogens is 309 g/mol. The lowest BCUT2D eigenvalue weighted by atomic mass is 9.97. The summed E-state index contributed by atoms with van der Waals surface area (Å²) in [6.07, 6.45) is -4.77. The van der Waals surface area contributed by atoms with Crippen molar-refractivity contribution in [2.75, 3.05) is 13.1 Å². The predicted molar refractivity (Wildman–Crippen MR) is 76.6 cm³/mol. The molecule has 1 aromatic rings. The Bertz CT molecular complexity index is 593. The molecule has 1 aromatic carbocycles. The van der Waals surface area contributed by atoms with Gasteiger partial charge >= 0.3 is 6.18 Å². The summed E-state index contributed by atoms with van der Waals surface area (Å²) in [5.74, 6) is -1.53. The quantitative estimate of drug-likeness (QED) is 0.857. The third-order valence-corrected chi connectivity index (χ3v) is 3.84. The second-order valence-electron chi connectivity index (χ2n) is 5.56. The van der Waals surface area contributed by atoms with Crippen molar-refractivity contribution < 1.29 is 22.7 Å². The number of nitriles is 1. The predicted octanol–water partition coefficient (Wildman–Crippen LogP) is 3.13. The highest BCUT2D eigenvalue weighted by Crippen LogP contribution is 2.33. The van der Waals surface area contributed by atoms with E-state index in [2.05, 4.69) is 0 Å². The zero-order chi connectivity index (χ0) is 17.0. The Morgan fingerprint density at radius 3 is 2.61 bits per heavy atom. The molecule has 4 nitrogen and oxygen atoms in total. The van der Waals surface area contributed by atoms with Gasteiger partial charge in [-0.15, -0.1) is 0 Å². The van der Waals surface area contributed by atoms with Gasteiger partial charge in [-0.3, -0.25) is 4.79 Å². The van der Waals surface area contributed by atoms with Crippen LogP contribution in [0, 0.1) is 17.2 Å². The number of nitrogens with zero attached hydrogens (tertiary/aromatic N) is 2. The first-order chi connectivity index (χ1) is 10.8. The van der Waals surface area contributed by atoms with Gasteiger partial charge in [0.1, 0.15) is 5.75 Å². The summed E-state index contributed by atoms with van der Waals surface area (Å²) in [4.78, 5) is 13.5. The molecule has 124 valence electrons. The van der Waals surface area contributed by atoms with Crippen molar-refractivity contribution in [1.29, 1.82) is 5.26 Å². The first kappa shape index (κ1) is 17.1. The second-order valence-corrected chi connectivity index (χ2v) is 5.56. The van der Waals surface area contributed by atoms with E-state index in [1.807, 2.05) is 6.07 Å². The molecule has 1 amide bonds. The maximum atomic E-state index is 12.8. The SMILES string of the molecule is C[C@@H](Oc1ccc(C#N)cc1)C(=O)N1CCC[C@@H](C(F)(F)F)C1. The van der Waals surface area contributed by atoms with Crippen molar-refractivity contribution in [3.05, 3.63) is 29.8 Å². The number of alkyl halides is 3. The molecule has 1 aliphatic heterocycles. The van der Waals surface area contributed by atoms with Crippen molar-refractivity contribution in [3.63, 3.8) is 0 Å². The summed E-state index contributed by atoms with van der Waals surface area (Å²) in [5, 5.41) is 8.72. The van der Waals surface area contributed by atoms with Gasteiger partial charge in [-0.05, 0) is 44.0 Å². The second kappa shape index (κ2) is 6.90. The van der Waals surface area contributed by atoms with Gasteiger partial charge in [0, 0.05) is 13.1 Å². The van der Waals surface area contributed by atoms with Gasteiger partial charge in [0.15, 0.2) is 6.10 Å². The van der Waals surface area contributed by atoms with Crippen LogP contribution in [0.25, 0.3) is 0 Å². The summed E-state index contributed by atoms with van der Waals surface area (Å²) in [7, 11) is 0. The molecular formula is C16H17F3N2O2. The zero-order valence-corrected chi connectivity index (χ0v) is 12.6. The minimum absolute atomic E-state index is 0.0537. The summed E-state index contributed by atoms with van der Waals surface area (Å²) in [6, 6.07) is 8.17. The molecule has 7 heteroatoms. The average molecular weight is 326 g/mol. The Balaban J connectivity index is 1.97. The van der Waals surface area contributed by atoms with E-state index in [0.29, 0.717) is 24.3 Å². The topological polar surface area (TPSA) is 53.3 Å². The van der Waals surface area contributed by atoms with Crippen LogP contribution in [0.3, 0.4) is 0 Å². The van der Waals surface area contributed by atoms with E-state index in [9.17, 15) is 18.0 Å². The molecule has 1 aliphatic rings. The largest absolute Gasteiger partial charge is 0.481 e. The summed E-state index contributed by atoms with van der Waals surface area (Å²) in [5.41, 5.74) is 0.459. The zero-order valence-electron chi connectivity index (χ0n) is 12.6. The molecule has 2 atom stereocenters. The lowest BCUT2D eigenvalue weighted by molar-refractivity contribution is -0.189. The summed E-state index contributed by atoms with van der Waals surface area (Å²) in [6.45, 7) is 1.51. The van der Waals surface area contributed by atoms with Crippen LogP contribution in [-0.4, -0.2) is 36.2 Å². The standard InChI is InChI=1S/C16H17F3N2O2/c1-11(23-14-6-4-12(9-20)5-7-14)15(22)21-8-2-3-13(10-21)16(17,18)19/h4-7,11,13H,2-3,8,10H2,1H3/t11-,13-/m1/s1. The Hall–Kier alpha value is -2.23. The molecule has 23 heavy (non-hydrogen) atoms. The number of rotatable bonds is 3. The molecule has 0 unspecified atom stereocenters. The normalized spacial score (nSPS) is 19.8. The average Bonchev–Trinajstić information content (AvgIpc) is 2.54. The fourth-order valence-corrected chi connectivity index (χ4v) is 2.56. The van der Waals surface area contributed by atoms with Crippen molar-refractivity contribution in [3.8, 4) is 11.8 Å². The molecule has 0 spiro atoms. The van der Waals surface area contributed by atoms with Crippen LogP contribution < -0.4 is 4.74 Å². The monoisotopic (exact) mass is 326 g/mol. The molecule has 0 saturated carbocycles. The fraction of sp³-hybridized carbons (Fsp3) is 0.500. The van der Waals surface area contributed by atoms with E-state index < -0.39 is 24.1 Å². The van der Waals surface area contributed by atoms with Crippen LogP contribution in [0.5, 0.6) is 5.75 Å². The molecule has 1 saturated heterocycles. The van der Waals surface area contributed by atoms with Crippen LogP contribution in [-0.2, 0) is 4.79 Å². The number of hydrogen-bond donors (Lipinski definition) is 0. The highest BCUT2D eigenvalue weighted by atomic mass is 19.4. The highest BCUT2D eigenvalue weighted by molar-refractivity contribution is 5.81. The Kier molecular flexibility index (Phi) is 5.14. The molecule has 0 radical (unpaired) electrons. The van der Waals surface area contributed by atoms with Crippen LogP contribution in [0.2, 0.25) is 0 Å². The van der Waals surface area contributed by atoms with Crippen molar-refractivity contribution in [1.82, 2.24) is 4.90 Å². The van der Waals surface area contributed by atoms with Crippen LogP contribution >= 0.6 is 0 Å². The minimum atomic E-state index is -4.28. The van der Waals surface area contributed by atoms with E-state index in [0.717, 1.165) is 0 Å². The Labute approximate surface area is 132 Å². The molecule has 0 aromatic heterocycles. The van der Waals surface area contributed by atoms with E-state index >= 15 is 0 Å². The van der Waals surface area contributed by atoms with Gasteiger partial charge in [-0.2, -0.15) is 18.4 Å². The maximum Gasteiger partial charge on any atom is 0.393 e. The van der Waals surface area contributed by atoms with Crippen LogP contribution in [0.1, 0.15) is 25.3 Å². The first-order valence-corrected chi connectivity index (χ1v) is 7.33. The van der Waals surface area contributed by atoms with Gasteiger partial charge in [-0.25, -0.2) is 0 Å². The number of ether oxygens (including phenoxy) is 1.